The van der Waals surface area contributed by atoms with E-state index >= 15 is 0 Å². The third-order valence-electron chi connectivity index (χ3n) is 5.08. The molecule has 2 rings (SSSR count). The molecular weight excluding hydrogens is 274 g/mol. The topological polar surface area (TPSA) is 29.5 Å². The molecule has 0 saturated carbocycles. The Morgan fingerprint density at radius 1 is 1.32 bits per heavy atom. The van der Waals surface area contributed by atoms with E-state index in [2.05, 4.69) is 57.0 Å². The number of carbonyl (C=O) groups is 1. The SMILES string of the molecule is CCC(=O)O[C@@]1(Cc2ccc(C)cc2)C[C@H](C)N(C)C[C@@H]1C. The van der Waals surface area contributed by atoms with Gasteiger partial charge in [0, 0.05) is 37.8 Å². The zero-order chi connectivity index (χ0) is 16.3. The lowest BCUT2D eigenvalue weighted by atomic mass is 9.75. The van der Waals surface area contributed by atoms with Gasteiger partial charge in [0.15, 0.2) is 0 Å². The highest BCUT2D eigenvalue weighted by atomic mass is 16.6. The van der Waals surface area contributed by atoms with Gasteiger partial charge in [-0.05, 0) is 26.5 Å². The highest BCUT2D eigenvalue weighted by Crippen LogP contribution is 2.37. The molecule has 3 nitrogen and oxygen atoms in total. The van der Waals surface area contributed by atoms with Gasteiger partial charge in [-0.2, -0.15) is 0 Å². The molecule has 1 aliphatic heterocycles. The summed E-state index contributed by atoms with van der Waals surface area (Å²) < 4.78 is 6.03. The van der Waals surface area contributed by atoms with Gasteiger partial charge in [0.2, 0.25) is 0 Å². The third-order valence-corrected chi connectivity index (χ3v) is 5.08. The second kappa shape index (κ2) is 6.82. The van der Waals surface area contributed by atoms with Gasteiger partial charge in [-0.15, -0.1) is 0 Å². The molecule has 22 heavy (non-hydrogen) atoms. The van der Waals surface area contributed by atoms with Crippen LogP contribution < -0.4 is 0 Å². The van der Waals surface area contributed by atoms with E-state index in [4.69, 9.17) is 4.74 Å². The summed E-state index contributed by atoms with van der Waals surface area (Å²) in [4.78, 5) is 14.4. The van der Waals surface area contributed by atoms with Crippen molar-refractivity contribution >= 4 is 5.97 Å². The van der Waals surface area contributed by atoms with Gasteiger partial charge in [0.25, 0.3) is 0 Å². The number of hydrogen-bond acceptors (Lipinski definition) is 3. The number of ether oxygens (including phenoxy) is 1. The molecule has 3 heteroatoms. The summed E-state index contributed by atoms with van der Waals surface area (Å²) in [6.07, 6.45) is 2.13. The number of aryl methyl sites for hydroxylation is 1. The van der Waals surface area contributed by atoms with Crippen LogP contribution in [0.5, 0.6) is 0 Å². The number of likely N-dealkylation sites (tertiary alicyclic amines) is 1. The molecule has 1 saturated heterocycles. The van der Waals surface area contributed by atoms with Gasteiger partial charge < -0.3 is 9.64 Å². The molecule has 1 aromatic rings. The molecule has 0 amide bonds. The van der Waals surface area contributed by atoms with E-state index in [9.17, 15) is 4.79 Å². The molecule has 1 aromatic carbocycles. The Kier molecular flexibility index (Phi) is 5.28. The Labute approximate surface area is 134 Å². The largest absolute Gasteiger partial charge is 0.458 e. The Bertz CT molecular complexity index is 511. The third kappa shape index (κ3) is 3.70. The van der Waals surface area contributed by atoms with Crippen molar-refractivity contribution in [1.82, 2.24) is 4.90 Å². The summed E-state index contributed by atoms with van der Waals surface area (Å²) in [7, 11) is 2.15. The number of rotatable bonds is 4. The predicted molar refractivity (Wildman–Crippen MR) is 89.9 cm³/mol. The van der Waals surface area contributed by atoms with Gasteiger partial charge in [0.05, 0.1) is 0 Å². The quantitative estimate of drug-likeness (QED) is 0.796. The van der Waals surface area contributed by atoms with Crippen molar-refractivity contribution in [2.75, 3.05) is 13.6 Å². The van der Waals surface area contributed by atoms with Crippen molar-refractivity contribution in [3.8, 4) is 0 Å². The first-order chi connectivity index (χ1) is 10.4. The van der Waals surface area contributed by atoms with Crippen LogP contribution in [0.3, 0.4) is 0 Å². The molecule has 1 fully saturated rings. The lowest BCUT2D eigenvalue weighted by Gasteiger charge is -2.48. The molecule has 3 atom stereocenters. The summed E-state index contributed by atoms with van der Waals surface area (Å²) in [6, 6.07) is 9.01. The second-order valence-corrected chi connectivity index (χ2v) is 6.95. The van der Waals surface area contributed by atoms with E-state index in [0.29, 0.717) is 18.4 Å². The fourth-order valence-corrected chi connectivity index (χ4v) is 3.41. The van der Waals surface area contributed by atoms with E-state index in [0.717, 1.165) is 19.4 Å². The van der Waals surface area contributed by atoms with Gasteiger partial charge in [-0.1, -0.05) is 43.7 Å². The van der Waals surface area contributed by atoms with Crippen LogP contribution in [-0.4, -0.2) is 36.1 Å². The number of nitrogens with zero attached hydrogens (tertiary/aromatic N) is 1. The van der Waals surface area contributed by atoms with E-state index in [-0.39, 0.29) is 11.6 Å². The average molecular weight is 303 g/mol. The maximum atomic E-state index is 12.0. The van der Waals surface area contributed by atoms with E-state index in [1.165, 1.54) is 11.1 Å². The molecule has 0 radical (unpaired) electrons. The molecule has 0 spiro atoms. The van der Waals surface area contributed by atoms with Gasteiger partial charge >= 0.3 is 5.97 Å². The smallest absolute Gasteiger partial charge is 0.306 e. The zero-order valence-corrected chi connectivity index (χ0v) is 14.6. The molecule has 0 aromatic heterocycles. The van der Waals surface area contributed by atoms with Crippen molar-refractivity contribution < 1.29 is 9.53 Å². The van der Waals surface area contributed by atoms with Crippen LogP contribution >= 0.6 is 0 Å². The van der Waals surface area contributed by atoms with Gasteiger partial charge in [0.1, 0.15) is 5.60 Å². The first-order valence-corrected chi connectivity index (χ1v) is 8.34. The van der Waals surface area contributed by atoms with E-state index in [1.807, 2.05) is 6.92 Å². The Balaban J connectivity index is 2.28. The summed E-state index contributed by atoms with van der Waals surface area (Å²) in [5, 5.41) is 0. The number of piperidine rings is 1. The van der Waals surface area contributed by atoms with Crippen molar-refractivity contribution in [3.05, 3.63) is 35.4 Å². The molecule has 1 heterocycles. The highest BCUT2D eigenvalue weighted by molar-refractivity contribution is 5.69. The molecule has 1 aliphatic rings. The lowest BCUT2D eigenvalue weighted by molar-refractivity contribution is -0.174. The monoisotopic (exact) mass is 303 g/mol. The molecule has 0 N–H and O–H groups in total. The Morgan fingerprint density at radius 2 is 1.95 bits per heavy atom. The van der Waals surface area contributed by atoms with Crippen LogP contribution in [0.15, 0.2) is 24.3 Å². The summed E-state index contributed by atoms with van der Waals surface area (Å²) in [6.45, 7) is 9.35. The number of esters is 1. The highest BCUT2D eigenvalue weighted by Gasteiger charge is 2.45. The standard InChI is InChI=1S/C19H29NO2/c1-6-18(21)22-19(11-16(4)20(5)13-15(19)3)12-17-9-7-14(2)8-10-17/h7-10,15-16H,6,11-13H2,1-5H3/t15-,16-,19+/m0/s1. The molecule has 0 bridgehead atoms. The van der Waals surface area contributed by atoms with Crippen LogP contribution in [0.25, 0.3) is 0 Å². The molecule has 122 valence electrons. The van der Waals surface area contributed by atoms with Crippen molar-refractivity contribution in [1.29, 1.82) is 0 Å². The first kappa shape index (κ1) is 17.0. The van der Waals surface area contributed by atoms with Gasteiger partial charge in [-0.25, -0.2) is 0 Å². The lowest BCUT2D eigenvalue weighted by Crippen LogP contribution is -2.56. The minimum absolute atomic E-state index is 0.0873. The Morgan fingerprint density at radius 3 is 2.55 bits per heavy atom. The maximum absolute atomic E-state index is 12.0. The normalized spacial score (nSPS) is 29.3. The van der Waals surface area contributed by atoms with Crippen LogP contribution in [0.4, 0.5) is 0 Å². The van der Waals surface area contributed by atoms with Crippen LogP contribution in [0.1, 0.15) is 44.7 Å². The number of benzene rings is 1. The number of hydrogen-bond donors (Lipinski definition) is 0. The van der Waals surface area contributed by atoms with E-state index < -0.39 is 0 Å². The van der Waals surface area contributed by atoms with Crippen LogP contribution in [0.2, 0.25) is 0 Å². The van der Waals surface area contributed by atoms with Crippen molar-refractivity contribution in [2.45, 2.75) is 58.6 Å². The van der Waals surface area contributed by atoms with E-state index in [1.54, 1.807) is 0 Å². The molecular formula is C19H29NO2. The average Bonchev–Trinajstić information content (AvgIpc) is 2.47. The minimum Gasteiger partial charge on any atom is -0.458 e. The zero-order valence-electron chi connectivity index (χ0n) is 14.6. The molecule has 0 aliphatic carbocycles. The van der Waals surface area contributed by atoms with Crippen molar-refractivity contribution in [3.63, 3.8) is 0 Å². The summed E-state index contributed by atoms with van der Waals surface area (Å²) in [5.41, 5.74) is 2.13. The van der Waals surface area contributed by atoms with Crippen molar-refractivity contribution in [2.24, 2.45) is 5.92 Å². The van der Waals surface area contributed by atoms with Gasteiger partial charge in [-0.3, -0.25) is 4.79 Å². The Hall–Kier alpha value is -1.35. The predicted octanol–water partition coefficient (Wildman–Crippen LogP) is 3.59. The fourth-order valence-electron chi connectivity index (χ4n) is 3.41. The maximum Gasteiger partial charge on any atom is 0.306 e. The first-order valence-electron chi connectivity index (χ1n) is 8.34. The number of carbonyl (C=O) groups excluding carboxylic acids is 1. The molecule has 0 unspecified atom stereocenters. The second-order valence-electron chi connectivity index (χ2n) is 6.95. The summed E-state index contributed by atoms with van der Waals surface area (Å²) >= 11 is 0. The summed E-state index contributed by atoms with van der Waals surface area (Å²) in [5.74, 6) is 0.237. The van der Waals surface area contributed by atoms with Crippen LogP contribution in [-0.2, 0) is 16.0 Å². The fraction of sp³-hybridized carbons (Fsp3) is 0.632. The minimum atomic E-state index is -0.381. The van der Waals surface area contributed by atoms with Crippen LogP contribution in [0, 0.1) is 12.8 Å².